The molecule has 0 amide bonds. The van der Waals surface area contributed by atoms with Crippen molar-refractivity contribution in [2.45, 2.75) is 136 Å². The van der Waals surface area contributed by atoms with Crippen LogP contribution in [0.5, 0.6) is 0 Å². The zero-order valence-electron chi connectivity index (χ0n) is 35.3. The predicted octanol–water partition coefficient (Wildman–Crippen LogP) is 11.6. The maximum absolute atomic E-state index is 12.6. The standard InChI is InChI=1S/C46H78NO7P/c1-6-8-10-12-14-16-18-20-22-23-24-26-28-30-32-34-36-38-41-51-43-45(44-53-55(49,50)52-42-40-47(3,4)5)54-46(48)39-37-35-33-31-29-27-25-21-19-17-15-13-11-9-7-2/h8-11,14-17,20-22,24-26,29,31,45H,6-7,12-13,18-19,23,27-28,30,32-44H2,1-5H3/b10-8-,11-9-,16-14-,17-15-,22-20-,25-21-,26-24-,31-29-. The average Bonchev–Trinajstić information content (AvgIpc) is 3.13. The summed E-state index contributed by atoms with van der Waals surface area (Å²) in [6.45, 7) is 5.04. The van der Waals surface area contributed by atoms with Gasteiger partial charge in [-0.05, 0) is 89.9 Å². The van der Waals surface area contributed by atoms with Crippen LogP contribution in [0, 0.1) is 0 Å². The van der Waals surface area contributed by atoms with Gasteiger partial charge < -0.3 is 27.9 Å². The van der Waals surface area contributed by atoms with E-state index in [0.717, 1.165) is 89.9 Å². The van der Waals surface area contributed by atoms with Gasteiger partial charge in [0.1, 0.15) is 19.3 Å². The van der Waals surface area contributed by atoms with E-state index >= 15 is 0 Å². The van der Waals surface area contributed by atoms with Gasteiger partial charge in [-0.3, -0.25) is 9.36 Å². The molecule has 0 aliphatic carbocycles. The first-order valence-corrected chi connectivity index (χ1v) is 22.4. The molecule has 0 saturated heterocycles. The van der Waals surface area contributed by atoms with Crippen LogP contribution in [0.2, 0.25) is 0 Å². The van der Waals surface area contributed by atoms with E-state index in [1.807, 2.05) is 21.1 Å². The highest BCUT2D eigenvalue weighted by Crippen LogP contribution is 2.38. The molecule has 0 bridgehead atoms. The Balaban J connectivity index is 4.39. The van der Waals surface area contributed by atoms with Crippen LogP contribution in [-0.4, -0.2) is 70.7 Å². The van der Waals surface area contributed by atoms with Gasteiger partial charge in [0, 0.05) is 13.0 Å². The third-order valence-corrected chi connectivity index (χ3v) is 9.09. The van der Waals surface area contributed by atoms with E-state index in [2.05, 4.69) is 111 Å². The summed E-state index contributed by atoms with van der Waals surface area (Å²) in [5.74, 6) is -0.387. The summed E-state index contributed by atoms with van der Waals surface area (Å²) in [6, 6.07) is 0. The molecule has 0 N–H and O–H groups in total. The van der Waals surface area contributed by atoms with Crippen LogP contribution < -0.4 is 4.89 Å². The van der Waals surface area contributed by atoms with Gasteiger partial charge in [-0.15, -0.1) is 0 Å². The van der Waals surface area contributed by atoms with Crippen molar-refractivity contribution in [3.05, 3.63) is 97.2 Å². The van der Waals surface area contributed by atoms with E-state index in [9.17, 15) is 14.3 Å². The number of likely N-dealkylation sites (N-methyl/N-ethyl adjacent to an activating group) is 1. The van der Waals surface area contributed by atoms with Gasteiger partial charge in [0.15, 0.2) is 0 Å². The number of ether oxygens (including phenoxy) is 2. The molecule has 0 heterocycles. The molecular weight excluding hydrogens is 709 g/mol. The fraction of sp³-hybridized carbons (Fsp3) is 0.630. The molecular formula is C46H78NO7P. The highest BCUT2D eigenvalue weighted by atomic mass is 31.2. The van der Waals surface area contributed by atoms with Crippen molar-refractivity contribution in [1.29, 1.82) is 0 Å². The molecule has 55 heavy (non-hydrogen) atoms. The second-order valence-electron chi connectivity index (χ2n) is 14.6. The van der Waals surface area contributed by atoms with Crippen molar-refractivity contribution in [3.63, 3.8) is 0 Å². The third-order valence-electron chi connectivity index (χ3n) is 8.13. The molecule has 0 aromatic heterocycles. The number of hydrogen-bond acceptors (Lipinski definition) is 7. The van der Waals surface area contributed by atoms with Gasteiger partial charge in [-0.1, -0.05) is 130 Å². The SMILES string of the molecule is CC/C=C\C/C=C\C/C=C\C/C=C\CCCCCCCOCC(COP(=O)([O-])OCC[N+](C)(C)C)OC(=O)CCCC/C=C\C/C=C\C/C=C\C/C=C\CC. The number of esters is 1. The normalized spacial score (nSPS) is 14.8. The highest BCUT2D eigenvalue weighted by Gasteiger charge is 2.20. The van der Waals surface area contributed by atoms with Crippen molar-refractivity contribution < 1.29 is 37.3 Å². The molecule has 8 nitrogen and oxygen atoms in total. The summed E-state index contributed by atoms with van der Waals surface area (Å²) in [7, 11) is 1.29. The summed E-state index contributed by atoms with van der Waals surface area (Å²) < 4.78 is 34.5. The Morgan fingerprint density at radius 2 is 1.00 bits per heavy atom. The number of hydrogen-bond donors (Lipinski definition) is 0. The zero-order chi connectivity index (χ0) is 40.6. The minimum Gasteiger partial charge on any atom is -0.756 e. The highest BCUT2D eigenvalue weighted by molar-refractivity contribution is 7.45. The first kappa shape index (κ1) is 52.4. The molecule has 0 spiro atoms. The lowest BCUT2D eigenvalue weighted by atomic mass is 10.1. The minimum absolute atomic E-state index is 0.00789. The Bertz CT molecular complexity index is 1190. The van der Waals surface area contributed by atoms with Gasteiger partial charge in [0.05, 0.1) is 34.4 Å². The van der Waals surface area contributed by atoms with E-state index in [1.165, 1.54) is 12.8 Å². The smallest absolute Gasteiger partial charge is 0.306 e. The van der Waals surface area contributed by atoms with Gasteiger partial charge in [-0.25, -0.2) is 0 Å². The van der Waals surface area contributed by atoms with Gasteiger partial charge in [0.2, 0.25) is 0 Å². The van der Waals surface area contributed by atoms with Crippen LogP contribution >= 0.6 is 7.82 Å². The largest absolute Gasteiger partial charge is 0.756 e. The molecule has 9 heteroatoms. The number of quaternary nitrogens is 1. The monoisotopic (exact) mass is 788 g/mol. The van der Waals surface area contributed by atoms with Gasteiger partial charge >= 0.3 is 5.97 Å². The molecule has 0 aromatic carbocycles. The van der Waals surface area contributed by atoms with Gasteiger partial charge in [0.25, 0.3) is 7.82 Å². The molecule has 2 unspecified atom stereocenters. The number of carbonyl (C=O) groups is 1. The minimum atomic E-state index is -4.55. The zero-order valence-corrected chi connectivity index (χ0v) is 36.2. The molecule has 0 fully saturated rings. The van der Waals surface area contributed by atoms with E-state index in [4.69, 9.17) is 18.5 Å². The Morgan fingerprint density at radius 1 is 0.564 bits per heavy atom. The Labute approximate surface area is 337 Å². The summed E-state index contributed by atoms with van der Waals surface area (Å²) >= 11 is 0. The molecule has 0 saturated carbocycles. The average molecular weight is 788 g/mol. The fourth-order valence-electron chi connectivity index (χ4n) is 4.94. The number of nitrogens with zero attached hydrogens (tertiary/aromatic N) is 1. The summed E-state index contributed by atoms with van der Waals surface area (Å²) in [6.07, 6.45) is 51.4. The fourth-order valence-corrected chi connectivity index (χ4v) is 5.67. The lowest BCUT2D eigenvalue weighted by Crippen LogP contribution is -2.37. The molecule has 0 rings (SSSR count). The second-order valence-corrected chi connectivity index (χ2v) is 16.0. The molecule has 0 aliphatic rings. The number of phosphoric ester groups is 1. The Kier molecular flexibility index (Phi) is 36.5. The van der Waals surface area contributed by atoms with Crippen molar-refractivity contribution in [2.75, 3.05) is 54.1 Å². The number of rotatable bonds is 37. The van der Waals surface area contributed by atoms with Crippen LogP contribution in [-0.2, 0) is 27.9 Å². The first-order chi connectivity index (χ1) is 26.6. The molecule has 0 radical (unpaired) electrons. The van der Waals surface area contributed by atoms with Crippen molar-refractivity contribution >= 4 is 13.8 Å². The van der Waals surface area contributed by atoms with Crippen LogP contribution in [0.4, 0.5) is 0 Å². The predicted molar refractivity (Wildman–Crippen MR) is 231 cm³/mol. The molecule has 0 aromatic rings. The van der Waals surface area contributed by atoms with Crippen LogP contribution in [0.25, 0.3) is 0 Å². The summed E-state index contributed by atoms with van der Waals surface area (Å²) in [5.41, 5.74) is 0. The molecule has 0 aliphatic heterocycles. The topological polar surface area (TPSA) is 94.1 Å². The van der Waals surface area contributed by atoms with Crippen LogP contribution in [0.1, 0.15) is 129 Å². The Morgan fingerprint density at radius 3 is 1.49 bits per heavy atom. The maximum atomic E-state index is 12.6. The lowest BCUT2D eigenvalue weighted by molar-refractivity contribution is -0.870. The van der Waals surface area contributed by atoms with Gasteiger partial charge in [-0.2, -0.15) is 0 Å². The first-order valence-electron chi connectivity index (χ1n) is 21.0. The van der Waals surface area contributed by atoms with E-state index < -0.39 is 13.9 Å². The quantitative estimate of drug-likeness (QED) is 0.0203. The second kappa shape index (κ2) is 38.3. The van der Waals surface area contributed by atoms with Crippen LogP contribution in [0.15, 0.2) is 97.2 Å². The van der Waals surface area contributed by atoms with Crippen molar-refractivity contribution in [3.8, 4) is 0 Å². The number of phosphoric acid groups is 1. The lowest BCUT2D eigenvalue weighted by Gasteiger charge is -2.28. The van der Waals surface area contributed by atoms with Crippen molar-refractivity contribution in [2.24, 2.45) is 0 Å². The number of allylic oxidation sites excluding steroid dienone is 16. The summed E-state index contributed by atoms with van der Waals surface area (Å²) in [4.78, 5) is 25.0. The van der Waals surface area contributed by atoms with E-state index in [1.54, 1.807) is 0 Å². The molecule has 2 atom stereocenters. The number of unbranched alkanes of at least 4 members (excludes halogenated alkanes) is 7. The maximum Gasteiger partial charge on any atom is 0.306 e. The van der Waals surface area contributed by atoms with E-state index in [-0.39, 0.29) is 32.2 Å². The third kappa shape index (κ3) is 42.4. The number of carbonyl (C=O) groups excluding carboxylic acids is 1. The van der Waals surface area contributed by atoms with Crippen LogP contribution in [0.3, 0.4) is 0 Å². The Hall–Kier alpha value is -2.58. The summed E-state index contributed by atoms with van der Waals surface area (Å²) in [5, 5.41) is 0. The van der Waals surface area contributed by atoms with E-state index in [0.29, 0.717) is 24.1 Å². The molecule has 314 valence electrons. The van der Waals surface area contributed by atoms with Crippen molar-refractivity contribution in [1.82, 2.24) is 0 Å².